The molecule has 0 spiro atoms. The first-order valence-electron chi connectivity index (χ1n) is 8.47. The van der Waals surface area contributed by atoms with Crippen LogP contribution in [0.3, 0.4) is 0 Å². The van der Waals surface area contributed by atoms with Gasteiger partial charge in [0.15, 0.2) is 0 Å². The van der Waals surface area contributed by atoms with Gasteiger partial charge in [0.25, 0.3) is 0 Å². The van der Waals surface area contributed by atoms with Crippen molar-refractivity contribution in [3.8, 4) is 0 Å². The fourth-order valence-electron chi connectivity index (χ4n) is 3.90. The molecule has 0 saturated carbocycles. The summed E-state index contributed by atoms with van der Waals surface area (Å²) in [5, 5.41) is 5.01. The molecule has 0 saturated heterocycles. The lowest BCUT2D eigenvalue weighted by atomic mass is 10.0. The van der Waals surface area contributed by atoms with E-state index >= 15 is 0 Å². The number of aryl methyl sites for hydroxylation is 1. The van der Waals surface area contributed by atoms with Crippen LogP contribution < -0.4 is 0 Å². The van der Waals surface area contributed by atoms with E-state index in [4.69, 9.17) is 4.42 Å². The van der Waals surface area contributed by atoms with Gasteiger partial charge < -0.3 is 8.98 Å². The summed E-state index contributed by atoms with van der Waals surface area (Å²) < 4.78 is 8.38. The van der Waals surface area contributed by atoms with E-state index in [9.17, 15) is 0 Å². The number of aromatic nitrogens is 1. The molecule has 2 heteroatoms. The van der Waals surface area contributed by atoms with Gasteiger partial charge in [0.1, 0.15) is 11.2 Å². The zero-order valence-corrected chi connectivity index (χ0v) is 14.1. The second-order valence-electron chi connectivity index (χ2n) is 6.92. The molecule has 0 fully saturated rings. The summed E-state index contributed by atoms with van der Waals surface area (Å²) in [5.41, 5.74) is 5.83. The highest BCUT2D eigenvalue weighted by atomic mass is 16.3. The number of hydrogen-bond donors (Lipinski definition) is 0. The second kappa shape index (κ2) is 4.64. The first-order chi connectivity index (χ1) is 11.6. The molecule has 0 unspecified atom stereocenters. The van der Waals surface area contributed by atoms with Crippen molar-refractivity contribution < 1.29 is 4.42 Å². The third-order valence-electron chi connectivity index (χ3n) is 5.19. The van der Waals surface area contributed by atoms with Crippen molar-refractivity contribution >= 4 is 43.7 Å². The second-order valence-corrected chi connectivity index (χ2v) is 6.92. The summed E-state index contributed by atoms with van der Waals surface area (Å²) in [7, 11) is 2.16. The van der Waals surface area contributed by atoms with Gasteiger partial charge in [-0.05, 0) is 35.7 Å². The van der Waals surface area contributed by atoms with E-state index in [-0.39, 0.29) is 0 Å². The third-order valence-corrected chi connectivity index (χ3v) is 5.19. The van der Waals surface area contributed by atoms with Crippen LogP contribution >= 0.6 is 0 Å². The van der Waals surface area contributed by atoms with Crippen LogP contribution in [0, 0.1) is 0 Å². The van der Waals surface area contributed by atoms with Crippen molar-refractivity contribution in [2.75, 3.05) is 0 Å². The van der Waals surface area contributed by atoms with Crippen molar-refractivity contribution in [2.24, 2.45) is 7.05 Å². The molecule has 0 radical (unpaired) electrons. The minimum absolute atomic E-state index is 0.530. The molecule has 118 valence electrons. The van der Waals surface area contributed by atoms with E-state index in [0.717, 1.165) is 11.2 Å². The van der Waals surface area contributed by atoms with E-state index < -0.39 is 0 Å². The lowest BCUT2D eigenvalue weighted by Crippen LogP contribution is -1.90. The van der Waals surface area contributed by atoms with Gasteiger partial charge in [0.2, 0.25) is 0 Å². The van der Waals surface area contributed by atoms with Gasteiger partial charge in [0.05, 0.1) is 10.9 Å². The quantitative estimate of drug-likeness (QED) is 0.352. The number of para-hydroxylation sites is 1. The molecular formula is C22H19NO. The highest BCUT2D eigenvalue weighted by Gasteiger charge is 2.16. The van der Waals surface area contributed by atoms with Gasteiger partial charge in [-0.15, -0.1) is 0 Å². The summed E-state index contributed by atoms with van der Waals surface area (Å²) in [6.45, 7) is 4.48. The first kappa shape index (κ1) is 13.7. The molecule has 0 aliphatic heterocycles. The number of benzene rings is 3. The monoisotopic (exact) mass is 313 g/mol. The Bertz CT molecular complexity index is 1240. The van der Waals surface area contributed by atoms with Crippen LogP contribution in [-0.2, 0) is 7.05 Å². The molecule has 24 heavy (non-hydrogen) atoms. The summed E-state index contributed by atoms with van der Waals surface area (Å²) >= 11 is 0. The van der Waals surface area contributed by atoms with Gasteiger partial charge in [-0.25, -0.2) is 0 Å². The summed E-state index contributed by atoms with van der Waals surface area (Å²) in [6.07, 6.45) is 0. The molecule has 0 amide bonds. The first-order valence-corrected chi connectivity index (χ1v) is 8.47. The minimum atomic E-state index is 0.530. The van der Waals surface area contributed by atoms with Crippen LogP contribution in [0.2, 0.25) is 0 Å². The average molecular weight is 313 g/mol. The molecule has 3 aromatic carbocycles. The van der Waals surface area contributed by atoms with Crippen LogP contribution in [0.5, 0.6) is 0 Å². The Hall–Kier alpha value is -2.74. The van der Waals surface area contributed by atoms with Gasteiger partial charge in [-0.1, -0.05) is 44.2 Å². The lowest BCUT2D eigenvalue weighted by molar-refractivity contribution is 0.669. The standard InChI is InChI=1S/C22H19NO/c1-13(2)14-8-9-15-16-10-11-20-21(22(16)23(3)18(15)12-14)17-6-4-5-7-19(17)24-20/h4-13H,1-3H3. The highest BCUT2D eigenvalue weighted by molar-refractivity contribution is 6.23. The number of rotatable bonds is 1. The zero-order valence-electron chi connectivity index (χ0n) is 14.1. The molecule has 0 bridgehead atoms. The Morgan fingerprint density at radius 1 is 0.833 bits per heavy atom. The van der Waals surface area contributed by atoms with Crippen molar-refractivity contribution in [2.45, 2.75) is 19.8 Å². The molecule has 0 N–H and O–H groups in total. The molecule has 2 nitrogen and oxygen atoms in total. The zero-order chi connectivity index (χ0) is 16.4. The van der Waals surface area contributed by atoms with Crippen LogP contribution in [0.15, 0.2) is 59.0 Å². The molecule has 2 heterocycles. The molecule has 0 aliphatic carbocycles. The van der Waals surface area contributed by atoms with Crippen molar-refractivity contribution in [1.82, 2.24) is 4.57 Å². The normalized spacial score (nSPS) is 12.3. The van der Waals surface area contributed by atoms with Gasteiger partial charge in [-0.2, -0.15) is 0 Å². The summed E-state index contributed by atoms with van der Waals surface area (Å²) in [5.74, 6) is 0.530. The Kier molecular flexibility index (Phi) is 2.64. The minimum Gasteiger partial charge on any atom is -0.456 e. The molecule has 0 atom stereocenters. The fraction of sp³-hybridized carbons (Fsp3) is 0.182. The Balaban J connectivity index is 2.03. The van der Waals surface area contributed by atoms with Crippen molar-refractivity contribution in [3.05, 3.63) is 60.2 Å². The van der Waals surface area contributed by atoms with Gasteiger partial charge in [0, 0.05) is 28.7 Å². The van der Waals surface area contributed by atoms with Crippen LogP contribution in [0.4, 0.5) is 0 Å². The topological polar surface area (TPSA) is 18.1 Å². The fourth-order valence-corrected chi connectivity index (χ4v) is 3.90. The van der Waals surface area contributed by atoms with E-state index in [0.29, 0.717) is 5.92 Å². The van der Waals surface area contributed by atoms with Crippen molar-refractivity contribution in [3.63, 3.8) is 0 Å². The number of hydrogen-bond acceptors (Lipinski definition) is 1. The van der Waals surface area contributed by atoms with Crippen LogP contribution in [-0.4, -0.2) is 4.57 Å². The third kappa shape index (κ3) is 1.66. The van der Waals surface area contributed by atoms with Gasteiger partial charge in [-0.3, -0.25) is 0 Å². The summed E-state index contributed by atoms with van der Waals surface area (Å²) in [4.78, 5) is 0. The highest BCUT2D eigenvalue weighted by Crippen LogP contribution is 2.39. The Morgan fingerprint density at radius 3 is 2.46 bits per heavy atom. The van der Waals surface area contributed by atoms with Crippen molar-refractivity contribution in [1.29, 1.82) is 0 Å². The van der Waals surface area contributed by atoms with E-state index in [1.54, 1.807) is 0 Å². The number of nitrogens with zero attached hydrogens (tertiary/aromatic N) is 1. The molecule has 0 aliphatic rings. The maximum absolute atomic E-state index is 6.06. The van der Waals surface area contributed by atoms with Crippen LogP contribution in [0.25, 0.3) is 43.7 Å². The SMILES string of the molecule is CC(C)c1ccc2c3ccc4oc5ccccc5c4c3n(C)c2c1. The summed E-state index contributed by atoms with van der Waals surface area (Å²) in [6, 6.07) is 19.4. The maximum atomic E-state index is 6.06. The predicted octanol–water partition coefficient (Wildman–Crippen LogP) is 6.35. The smallest absolute Gasteiger partial charge is 0.137 e. The number of fused-ring (bicyclic) bond motifs is 7. The molecule has 5 aromatic rings. The van der Waals surface area contributed by atoms with Crippen LogP contribution in [0.1, 0.15) is 25.3 Å². The largest absolute Gasteiger partial charge is 0.456 e. The lowest BCUT2D eigenvalue weighted by Gasteiger charge is -2.06. The maximum Gasteiger partial charge on any atom is 0.137 e. The molecular weight excluding hydrogens is 294 g/mol. The Morgan fingerprint density at radius 2 is 1.62 bits per heavy atom. The van der Waals surface area contributed by atoms with E-state index in [1.807, 2.05) is 12.1 Å². The predicted molar refractivity (Wildman–Crippen MR) is 102 cm³/mol. The van der Waals surface area contributed by atoms with E-state index in [2.05, 4.69) is 67.9 Å². The molecule has 2 aromatic heterocycles. The number of furan rings is 1. The molecule has 5 rings (SSSR count). The van der Waals surface area contributed by atoms with Gasteiger partial charge >= 0.3 is 0 Å². The van der Waals surface area contributed by atoms with E-state index in [1.165, 1.54) is 38.1 Å². The Labute approximate surface area is 140 Å². The average Bonchev–Trinajstić information content (AvgIpc) is 3.10.